The fourth-order valence-electron chi connectivity index (χ4n) is 3.49. The topological polar surface area (TPSA) is 141 Å². The van der Waals surface area contributed by atoms with Gasteiger partial charge in [0.05, 0.1) is 11.8 Å². The molecule has 2 heterocycles. The number of rotatable bonds is 12. The van der Waals surface area contributed by atoms with Crippen LogP contribution in [0.15, 0.2) is 48.8 Å². The zero-order chi connectivity index (χ0) is 29.1. The van der Waals surface area contributed by atoms with Gasteiger partial charge in [0.25, 0.3) is 0 Å². The summed E-state index contributed by atoms with van der Waals surface area (Å²) in [4.78, 5) is 60.8. The fourth-order valence-corrected chi connectivity index (χ4v) is 3.49. The minimum atomic E-state index is -1.91. The molecule has 221 valence electrons. The molecule has 0 aromatic carbocycles. The maximum Gasteiger partial charge on any atom is 2.00 e. The molecule has 2 rings (SSSR count). The molecule has 40 heavy (non-hydrogen) atoms. The number of hydrogen-bond donors (Lipinski definition) is 0. The van der Waals surface area contributed by atoms with Crippen LogP contribution in [0.25, 0.3) is 10.6 Å². The van der Waals surface area contributed by atoms with Gasteiger partial charge in [-0.3, -0.25) is 19.6 Å². The predicted octanol–water partition coefficient (Wildman–Crippen LogP) is 5.21. The van der Waals surface area contributed by atoms with Crippen molar-refractivity contribution in [1.29, 1.82) is 0 Å². The third kappa shape index (κ3) is 12.3. The number of hydrogen-bond acceptors (Lipinski definition) is 8. The molecular weight excluding hydrogens is 564 g/mol. The Bertz CT molecular complexity index is 1030. The molecule has 0 bridgehead atoms. The van der Waals surface area contributed by atoms with Crippen LogP contribution in [-0.2, 0) is 58.8 Å². The van der Waals surface area contributed by atoms with Crippen molar-refractivity contribution in [3.63, 3.8) is 0 Å². The molecule has 1 radical (unpaired) electrons. The molecular formula is C29H38CuN4O6. The second kappa shape index (κ2) is 15.5. The van der Waals surface area contributed by atoms with Crippen LogP contribution in [0, 0.1) is 5.41 Å². The molecule has 0 fully saturated rings. The number of amides is 2. The van der Waals surface area contributed by atoms with Crippen molar-refractivity contribution in [1.82, 2.24) is 9.97 Å². The summed E-state index contributed by atoms with van der Waals surface area (Å²) >= 11 is 0. The minimum absolute atomic E-state index is 0. The van der Waals surface area contributed by atoms with Crippen molar-refractivity contribution in [3.05, 3.63) is 70.8 Å². The normalized spacial score (nSPS) is 11.6. The number of ether oxygens (including phenoxy) is 2. The van der Waals surface area contributed by atoms with Gasteiger partial charge in [-0.1, -0.05) is 25.2 Å². The second-order valence-corrected chi connectivity index (χ2v) is 11.1. The van der Waals surface area contributed by atoms with Crippen molar-refractivity contribution in [2.24, 2.45) is 5.41 Å². The summed E-state index contributed by atoms with van der Waals surface area (Å²) in [5.74, 6) is -2.75. The van der Waals surface area contributed by atoms with E-state index in [2.05, 4.69) is 20.6 Å². The van der Waals surface area contributed by atoms with Crippen LogP contribution < -0.4 is 0 Å². The number of esters is 2. The standard InChI is InChI=1S/C29H40N4O6.Cu/c1-27(2,3)38-25(36)29(26(37)39-28(4,5)6,15-13-23(34)32-19-21-11-7-9-17-30-21)16-14-24(35)33-20-22-12-8-10-18-31-22;/h7-12,17-18H,13-16,19-20H2,1-6H3,(H2,32,33,34,35);/q;+2/p-2. The van der Waals surface area contributed by atoms with E-state index in [-0.39, 0.29) is 55.8 Å². The molecule has 0 atom stereocenters. The molecule has 2 aromatic rings. The Balaban J connectivity index is 0.00000800. The monoisotopic (exact) mass is 601 g/mol. The first-order chi connectivity index (χ1) is 18.2. The van der Waals surface area contributed by atoms with Crippen molar-refractivity contribution in [2.45, 2.75) is 91.5 Å². The van der Waals surface area contributed by atoms with Crippen LogP contribution in [0.5, 0.6) is 0 Å². The Morgan fingerprint density at radius 1 is 0.675 bits per heavy atom. The molecule has 10 nitrogen and oxygen atoms in total. The minimum Gasteiger partial charge on any atom is -0.649 e. The summed E-state index contributed by atoms with van der Waals surface area (Å²) in [6.07, 6.45) is 2.25. The van der Waals surface area contributed by atoms with Crippen LogP contribution in [0.4, 0.5) is 0 Å². The largest absolute Gasteiger partial charge is 2.00 e. The molecule has 0 aliphatic carbocycles. The van der Waals surface area contributed by atoms with E-state index in [1.54, 1.807) is 90.3 Å². The van der Waals surface area contributed by atoms with Gasteiger partial charge in [-0.15, -0.1) is 0 Å². The predicted molar refractivity (Wildman–Crippen MR) is 145 cm³/mol. The Hall–Kier alpha value is -3.30. The summed E-state index contributed by atoms with van der Waals surface area (Å²) in [7, 11) is 0. The molecule has 11 heteroatoms. The van der Waals surface area contributed by atoms with Crippen LogP contribution in [0.2, 0.25) is 0 Å². The summed E-state index contributed by atoms with van der Waals surface area (Å²) in [6.45, 7) is 10.2. The first-order valence-electron chi connectivity index (χ1n) is 12.9. The van der Waals surface area contributed by atoms with Gasteiger partial charge in [0.1, 0.15) is 11.2 Å². The zero-order valence-electron chi connectivity index (χ0n) is 23.9. The SMILES string of the molecule is CC(C)(C)OC(=O)C(CCC(=O)[N-]Cc1ccccn1)(CCC(=O)[N-]Cc1ccccn1)C(=O)OC(C)(C)C.[Cu+2]. The van der Waals surface area contributed by atoms with Crippen molar-refractivity contribution < 1.29 is 45.7 Å². The van der Waals surface area contributed by atoms with Crippen molar-refractivity contribution in [2.75, 3.05) is 0 Å². The van der Waals surface area contributed by atoms with Crippen LogP contribution in [0.3, 0.4) is 0 Å². The van der Waals surface area contributed by atoms with Crippen LogP contribution in [-0.4, -0.2) is 44.9 Å². The molecule has 0 aliphatic heterocycles. The van der Waals surface area contributed by atoms with Gasteiger partial charge < -0.3 is 29.7 Å². The van der Waals surface area contributed by atoms with Crippen LogP contribution in [0.1, 0.15) is 78.6 Å². The van der Waals surface area contributed by atoms with Gasteiger partial charge in [0, 0.05) is 23.8 Å². The van der Waals surface area contributed by atoms with E-state index in [9.17, 15) is 19.2 Å². The third-order valence-electron chi connectivity index (χ3n) is 5.40. The summed E-state index contributed by atoms with van der Waals surface area (Å²) < 4.78 is 11.2. The van der Waals surface area contributed by atoms with E-state index in [1.165, 1.54) is 0 Å². The molecule has 0 saturated heterocycles. The molecule has 2 aromatic heterocycles. The zero-order valence-corrected chi connectivity index (χ0v) is 24.8. The quantitative estimate of drug-likeness (QED) is 0.183. The van der Waals surface area contributed by atoms with E-state index in [4.69, 9.17) is 9.47 Å². The van der Waals surface area contributed by atoms with Gasteiger partial charge in [-0.25, -0.2) is 0 Å². The number of nitrogens with zero attached hydrogens (tertiary/aromatic N) is 4. The van der Waals surface area contributed by atoms with Crippen molar-refractivity contribution in [3.8, 4) is 0 Å². The molecule has 0 N–H and O–H groups in total. The van der Waals surface area contributed by atoms with E-state index in [0.29, 0.717) is 11.4 Å². The van der Waals surface area contributed by atoms with Crippen LogP contribution >= 0.6 is 0 Å². The number of carbonyl (C=O) groups excluding carboxylic acids is 4. The Labute approximate surface area is 246 Å². The Kier molecular flexibility index (Phi) is 13.4. The van der Waals surface area contributed by atoms with E-state index < -0.39 is 40.4 Å². The van der Waals surface area contributed by atoms with E-state index in [1.807, 2.05) is 0 Å². The van der Waals surface area contributed by atoms with E-state index >= 15 is 0 Å². The first kappa shape index (κ1) is 34.7. The average Bonchev–Trinajstić information content (AvgIpc) is 2.85. The molecule has 0 saturated carbocycles. The number of carbonyl (C=O) groups is 4. The number of aromatic nitrogens is 2. The second-order valence-electron chi connectivity index (χ2n) is 11.1. The number of pyridine rings is 2. The van der Waals surface area contributed by atoms with Gasteiger partial charge in [0.15, 0.2) is 5.41 Å². The van der Waals surface area contributed by atoms with E-state index in [0.717, 1.165) is 0 Å². The van der Waals surface area contributed by atoms with Gasteiger partial charge in [-0.2, -0.15) is 0 Å². The molecule has 0 unspecified atom stereocenters. The molecule has 0 aliphatic rings. The van der Waals surface area contributed by atoms with Crippen molar-refractivity contribution >= 4 is 23.8 Å². The molecule has 0 spiro atoms. The first-order valence-corrected chi connectivity index (χ1v) is 12.9. The summed E-state index contributed by atoms with van der Waals surface area (Å²) in [5.41, 5.74) is -2.55. The Morgan fingerprint density at radius 3 is 1.35 bits per heavy atom. The maximum absolute atomic E-state index is 13.6. The maximum atomic E-state index is 13.6. The Morgan fingerprint density at radius 2 is 1.05 bits per heavy atom. The third-order valence-corrected chi connectivity index (χ3v) is 5.40. The summed E-state index contributed by atoms with van der Waals surface area (Å²) in [6, 6.07) is 10.6. The fraction of sp³-hybridized carbons (Fsp3) is 0.517. The van der Waals surface area contributed by atoms with Gasteiger partial charge in [-0.05, 0) is 91.5 Å². The summed E-state index contributed by atoms with van der Waals surface area (Å²) in [5, 5.41) is 8.05. The van der Waals surface area contributed by atoms with Gasteiger partial charge >= 0.3 is 29.0 Å². The van der Waals surface area contributed by atoms with Gasteiger partial charge in [0.2, 0.25) is 0 Å². The average molecular weight is 602 g/mol. The molecule has 2 amide bonds. The smallest absolute Gasteiger partial charge is 0.649 e.